The maximum atomic E-state index is 5.47. The molecule has 0 aliphatic carbocycles. The molecule has 0 radical (unpaired) electrons. The van der Waals surface area contributed by atoms with E-state index in [0.29, 0.717) is 12.1 Å². The number of piperidine rings is 1. The molecular formula is C16H28N2O. The number of nitrogens with one attached hydrogen (secondary N) is 1. The van der Waals surface area contributed by atoms with Gasteiger partial charge in [-0.15, -0.1) is 0 Å². The molecule has 2 rings (SSSR count). The minimum Gasteiger partial charge on any atom is -0.468 e. The molecule has 3 atom stereocenters. The molecule has 0 saturated carbocycles. The van der Waals surface area contributed by atoms with Crippen molar-refractivity contribution in [3.05, 3.63) is 24.2 Å². The van der Waals surface area contributed by atoms with Gasteiger partial charge in [-0.1, -0.05) is 6.92 Å². The van der Waals surface area contributed by atoms with Gasteiger partial charge in [-0.25, -0.2) is 0 Å². The first kappa shape index (κ1) is 14.6. The largest absolute Gasteiger partial charge is 0.468 e. The van der Waals surface area contributed by atoms with Crippen molar-refractivity contribution in [2.75, 3.05) is 19.6 Å². The van der Waals surface area contributed by atoms with Crippen LogP contribution in [0.15, 0.2) is 22.8 Å². The predicted octanol–water partition coefficient (Wildman–Crippen LogP) is 3.44. The van der Waals surface area contributed by atoms with Crippen molar-refractivity contribution in [2.45, 2.75) is 52.1 Å². The molecule has 0 aromatic carbocycles. The van der Waals surface area contributed by atoms with Gasteiger partial charge < -0.3 is 14.6 Å². The van der Waals surface area contributed by atoms with Crippen molar-refractivity contribution in [3.8, 4) is 0 Å². The number of nitrogens with zero attached hydrogens (tertiary/aromatic N) is 1. The second-order valence-corrected chi connectivity index (χ2v) is 5.90. The summed E-state index contributed by atoms with van der Waals surface area (Å²) >= 11 is 0. The first-order valence-electron chi connectivity index (χ1n) is 7.72. The number of hydrogen-bond acceptors (Lipinski definition) is 3. The zero-order valence-corrected chi connectivity index (χ0v) is 12.6. The minimum atomic E-state index is 0.298. The molecule has 108 valence electrons. The molecule has 3 heteroatoms. The number of furan rings is 1. The van der Waals surface area contributed by atoms with Crippen molar-refractivity contribution in [1.29, 1.82) is 0 Å². The standard InChI is InChI=1S/C16H28N2O/c1-4-9-18-10-5-7-15(12-18)13(2)17-14(3)16-8-6-11-19-16/h6,8,11,13-15,17H,4-5,7,9-10,12H2,1-3H3. The van der Waals surface area contributed by atoms with E-state index in [1.54, 1.807) is 6.26 Å². The van der Waals surface area contributed by atoms with Gasteiger partial charge >= 0.3 is 0 Å². The van der Waals surface area contributed by atoms with E-state index in [4.69, 9.17) is 4.42 Å². The van der Waals surface area contributed by atoms with Crippen LogP contribution >= 0.6 is 0 Å². The summed E-state index contributed by atoms with van der Waals surface area (Å²) in [5, 5.41) is 3.69. The summed E-state index contributed by atoms with van der Waals surface area (Å²) in [7, 11) is 0. The van der Waals surface area contributed by atoms with Gasteiger partial charge in [0.1, 0.15) is 5.76 Å². The molecule has 1 fully saturated rings. The normalized spacial score (nSPS) is 24.3. The lowest BCUT2D eigenvalue weighted by atomic mass is 9.91. The van der Waals surface area contributed by atoms with Crippen molar-refractivity contribution >= 4 is 0 Å². The van der Waals surface area contributed by atoms with Gasteiger partial charge in [0, 0.05) is 12.6 Å². The summed E-state index contributed by atoms with van der Waals surface area (Å²) in [5.41, 5.74) is 0. The zero-order chi connectivity index (χ0) is 13.7. The smallest absolute Gasteiger partial charge is 0.120 e. The third-order valence-electron chi connectivity index (χ3n) is 4.27. The van der Waals surface area contributed by atoms with Crippen molar-refractivity contribution in [3.63, 3.8) is 0 Å². The maximum absolute atomic E-state index is 5.47. The van der Waals surface area contributed by atoms with Crippen molar-refractivity contribution in [2.24, 2.45) is 5.92 Å². The zero-order valence-electron chi connectivity index (χ0n) is 12.6. The molecule has 19 heavy (non-hydrogen) atoms. The van der Waals surface area contributed by atoms with E-state index in [2.05, 4.69) is 37.1 Å². The van der Waals surface area contributed by atoms with Crippen LogP contribution in [0.3, 0.4) is 0 Å². The Kier molecular flexibility index (Phi) is 5.46. The van der Waals surface area contributed by atoms with Gasteiger partial charge in [-0.2, -0.15) is 0 Å². The van der Waals surface area contributed by atoms with E-state index < -0.39 is 0 Å². The molecule has 0 spiro atoms. The average molecular weight is 264 g/mol. The summed E-state index contributed by atoms with van der Waals surface area (Å²) in [5.74, 6) is 1.80. The molecule has 1 aliphatic rings. The summed E-state index contributed by atoms with van der Waals surface area (Å²) in [4.78, 5) is 2.61. The van der Waals surface area contributed by atoms with Gasteiger partial charge in [0.2, 0.25) is 0 Å². The fourth-order valence-electron chi connectivity index (χ4n) is 3.17. The molecule has 1 aliphatic heterocycles. The van der Waals surface area contributed by atoms with Crippen LogP contribution < -0.4 is 5.32 Å². The van der Waals surface area contributed by atoms with Crippen LogP contribution in [0.4, 0.5) is 0 Å². The highest BCUT2D eigenvalue weighted by molar-refractivity contribution is 5.03. The van der Waals surface area contributed by atoms with E-state index in [0.717, 1.165) is 11.7 Å². The van der Waals surface area contributed by atoms with E-state index >= 15 is 0 Å². The van der Waals surface area contributed by atoms with Gasteiger partial charge in [-0.05, 0) is 64.3 Å². The fraction of sp³-hybridized carbons (Fsp3) is 0.750. The third-order valence-corrected chi connectivity index (χ3v) is 4.27. The van der Waals surface area contributed by atoms with E-state index in [9.17, 15) is 0 Å². The Balaban J connectivity index is 1.83. The van der Waals surface area contributed by atoms with E-state index in [-0.39, 0.29) is 0 Å². The summed E-state index contributed by atoms with van der Waals surface area (Å²) in [6.45, 7) is 10.5. The fourth-order valence-corrected chi connectivity index (χ4v) is 3.17. The minimum absolute atomic E-state index is 0.298. The van der Waals surface area contributed by atoms with Gasteiger partial charge in [-0.3, -0.25) is 0 Å². The summed E-state index contributed by atoms with van der Waals surface area (Å²) < 4.78 is 5.47. The molecule has 3 nitrogen and oxygen atoms in total. The highest BCUT2D eigenvalue weighted by Crippen LogP contribution is 2.22. The molecular weight excluding hydrogens is 236 g/mol. The van der Waals surface area contributed by atoms with E-state index in [1.165, 1.54) is 38.9 Å². The van der Waals surface area contributed by atoms with Crippen LogP contribution in [-0.4, -0.2) is 30.6 Å². The van der Waals surface area contributed by atoms with Crippen LogP contribution in [0, 0.1) is 5.92 Å². The molecule has 1 aromatic heterocycles. The monoisotopic (exact) mass is 264 g/mol. The Hall–Kier alpha value is -0.800. The lowest BCUT2D eigenvalue weighted by Crippen LogP contribution is -2.45. The van der Waals surface area contributed by atoms with E-state index in [1.807, 2.05) is 6.07 Å². The van der Waals surface area contributed by atoms with Crippen LogP contribution in [-0.2, 0) is 0 Å². The highest BCUT2D eigenvalue weighted by atomic mass is 16.3. The van der Waals surface area contributed by atoms with Crippen LogP contribution in [0.2, 0.25) is 0 Å². The Bertz CT molecular complexity index is 348. The third kappa shape index (κ3) is 4.08. The predicted molar refractivity (Wildman–Crippen MR) is 79.2 cm³/mol. The Morgan fingerprint density at radius 1 is 1.47 bits per heavy atom. The quantitative estimate of drug-likeness (QED) is 0.853. The van der Waals surface area contributed by atoms with Gasteiger partial charge in [0.05, 0.1) is 12.3 Å². The molecule has 3 unspecified atom stereocenters. The van der Waals surface area contributed by atoms with Crippen molar-refractivity contribution < 1.29 is 4.42 Å². The Morgan fingerprint density at radius 2 is 2.32 bits per heavy atom. The lowest BCUT2D eigenvalue weighted by molar-refractivity contribution is 0.146. The molecule has 2 heterocycles. The second kappa shape index (κ2) is 7.11. The van der Waals surface area contributed by atoms with Crippen LogP contribution in [0.5, 0.6) is 0 Å². The van der Waals surface area contributed by atoms with Crippen LogP contribution in [0.1, 0.15) is 51.8 Å². The highest BCUT2D eigenvalue weighted by Gasteiger charge is 2.25. The Labute approximate surface area is 117 Å². The Morgan fingerprint density at radius 3 is 3.00 bits per heavy atom. The summed E-state index contributed by atoms with van der Waals surface area (Å²) in [6, 6.07) is 4.85. The first-order chi connectivity index (χ1) is 9.20. The summed E-state index contributed by atoms with van der Waals surface area (Å²) in [6.07, 6.45) is 5.70. The molecule has 0 bridgehead atoms. The van der Waals surface area contributed by atoms with Crippen LogP contribution in [0.25, 0.3) is 0 Å². The van der Waals surface area contributed by atoms with Crippen molar-refractivity contribution in [1.82, 2.24) is 10.2 Å². The molecule has 0 amide bonds. The van der Waals surface area contributed by atoms with Gasteiger partial charge in [0.25, 0.3) is 0 Å². The molecule has 1 N–H and O–H groups in total. The molecule has 1 aromatic rings. The van der Waals surface area contributed by atoms with Gasteiger partial charge in [0.15, 0.2) is 0 Å². The maximum Gasteiger partial charge on any atom is 0.120 e. The first-order valence-corrected chi connectivity index (χ1v) is 7.72. The number of likely N-dealkylation sites (tertiary alicyclic amines) is 1. The second-order valence-electron chi connectivity index (χ2n) is 5.90. The lowest BCUT2D eigenvalue weighted by Gasteiger charge is -2.36. The molecule has 1 saturated heterocycles. The topological polar surface area (TPSA) is 28.4 Å². The number of rotatable bonds is 6. The number of hydrogen-bond donors (Lipinski definition) is 1. The SMILES string of the molecule is CCCN1CCCC(C(C)NC(C)c2ccco2)C1. The average Bonchev–Trinajstić information content (AvgIpc) is 2.93.